The van der Waals surface area contributed by atoms with Gasteiger partial charge in [-0.2, -0.15) is 0 Å². The highest BCUT2D eigenvalue weighted by Gasteiger charge is 2.12. The summed E-state index contributed by atoms with van der Waals surface area (Å²) < 4.78 is 2.00. The second kappa shape index (κ2) is 7.21. The smallest absolute Gasteiger partial charge is 0.240 e. The summed E-state index contributed by atoms with van der Waals surface area (Å²) in [7, 11) is 1.92. The molecule has 18 heavy (non-hydrogen) atoms. The van der Waals surface area contributed by atoms with Crippen molar-refractivity contribution in [2.24, 2.45) is 0 Å². The Bertz CT molecular complexity index is 373. The third kappa shape index (κ3) is 4.18. The molecule has 0 aliphatic heterocycles. The highest BCUT2D eigenvalue weighted by atomic mass is 16.2. The van der Waals surface area contributed by atoms with Crippen LogP contribution in [0.3, 0.4) is 0 Å². The molecule has 2 unspecified atom stereocenters. The van der Waals surface area contributed by atoms with Crippen LogP contribution in [0.1, 0.15) is 45.3 Å². The molecule has 0 saturated carbocycles. The van der Waals surface area contributed by atoms with E-state index >= 15 is 0 Å². The summed E-state index contributed by atoms with van der Waals surface area (Å²) in [6, 6.07) is 4.53. The summed E-state index contributed by atoms with van der Waals surface area (Å²) in [5, 5.41) is 6.21. The van der Waals surface area contributed by atoms with Gasteiger partial charge >= 0.3 is 0 Å². The zero-order valence-electron chi connectivity index (χ0n) is 11.9. The van der Waals surface area contributed by atoms with Crippen LogP contribution in [0.4, 0.5) is 0 Å². The van der Waals surface area contributed by atoms with Crippen molar-refractivity contribution in [1.82, 2.24) is 15.2 Å². The van der Waals surface area contributed by atoms with Crippen LogP contribution in [0.5, 0.6) is 0 Å². The first-order chi connectivity index (χ1) is 8.58. The van der Waals surface area contributed by atoms with Crippen LogP contribution in [0, 0.1) is 0 Å². The standard InChI is InChI=1S/C14H25N3O/c1-5-7-11(2)16-14(18)10-17-9-6-8-13(17)12(3)15-4/h6,8-9,11-12,15H,5,7,10H2,1-4H3,(H,16,18). The molecule has 0 radical (unpaired) electrons. The molecule has 1 rings (SSSR count). The monoisotopic (exact) mass is 251 g/mol. The topological polar surface area (TPSA) is 46.1 Å². The molecule has 2 atom stereocenters. The van der Waals surface area contributed by atoms with Crippen molar-refractivity contribution in [3.05, 3.63) is 24.0 Å². The molecular weight excluding hydrogens is 226 g/mol. The summed E-state index contributed by atoms with van der Waals surface area (Å²) in [5.41, 5.74) is 1.13. The number of carbonyl (C=O) groups excluding carboxylic acids is 1. The maximum atomic E-state index is 11.9. The molecule has 4 nitrogen and oxygen atoms in total. The molecule has 1 aromatic heterocycles. The zero-order valence-corrected chi connectivity index (χ0v) is 11.9. The lowest BCUT2D eigenvalue weighted by molar-refractivity contribution is -0.122. The molecule has 0 saturated heterocycles. The number of amides is 1. The van der Waals surface area contributed by atoms with E-state index in [0.717, 1.165) is 18.5 Å². The molecule has 1 heterocycles. The quantitative estimate of drug-likeness (QED) is 0.779. The number of nitrogens with one attached hydrogen (secondary N) is 2. The Labute approximate surface area is 110 Å². The van der Waals surface area contributed by atoms with E-state index in [0.29, 0.717) is 6.54 Å². The van der Waals surface area contributed by atoms with Crippen molar-refractivity contribution in [3.8, 4) is 0 Å². The molecule has 0 aromatic carbocycles. The second-order valence-electron chi connectivity index (χ2n) is 4.83. The van der Waals surface area contributed by atoms with E-state index in [1.165, 1.54) is 0 Å². The Morgan fingerprint density at radius 2 is 2.17 bits per heavy atom. The van der Waals surface area contributed by atoms with Gasteiger partial charge in [0, 0.05) is 24.0 Å². The molecule has 102 valence electrons. The summed E-state index contributed by atoms with van der Waals surface area (Å²) in [4.78, 5) is 11.9. The van der Waals surface area contributed by atoms with Crippen molar-refractivity contribution in [3.63, 3.8) is 0 Å². The number of aromatic nitrogens is 1. The van der Waals surface area contributed by atoms with Gasteiger partial charge in [-0.1, -0.05) is 13.3 Å². The van der Waals surface area contributed by atoms with Crippen molar-refractivity contribution in [1.29, 1.82) is 0 Å². The molecule has 4 heteroatoms. The van der Waals surface area contributed by atoms with E-state index in [4.69, 9.17) is 0 Å². The molecule has 1 aromatic rings. The van der Waals surface area contributed by atoms with Crippen molar-refractivity contribution >= 4 is 5.91 Å². The molecule has 2 N–H and O–H groups in total. The Balaban J connectivity index is 2.57. The van der Waals surface area contributed by atoms with Crippen LogP contribution in [0.15, 0.2) is 18.3 Å². The molecule has 0 fully saturated rings. The fourth-order valence-corrected chi connectivity index (χ4v) is 2.09. The average Bonchev–Trinajstić information content (AvgIpc) is 2.76. The molecule has 0 bridgehead atoms. The molecule has 0 aliphatic carbocycles. The number of carbonyl (C=O) groups is 1. The normalized spacial score (nSPS) is 14.2. The van der Waals surface area contributed by atoms with Crippen LogP contribution in [-0.2, 0) is 11.3 Å². The van der Waals surface area contributed by atoms with Crippen LogP contribution in [0.2, 0.25) is 0 Å². The van der Waals surface area contributed by atoms with E-state index in [-0.39, 0.29) is 18.0 Å². The van der Waals surface area contributed by atoms with Gasteiger partial charge in [-0.25, -0.2) is 0 Å². The third-order valence-electron chi connectivity index (χ3n) is 3.18. The molecule has 0 spiro atoms. The van der Waals surface area contributed by atoms with Crippen LogP contribution < -0.4 is 10.6 Å². The van der Waals surface area contributed by atoms with E-state index in [9.17, 15) is 4.79 Å². The van der Waals surface area contributed by atoms with E-state index in [1.807, 2.05) is 36.9 Å². The lowest BCUT2D eigenvalue weighted by Gasteiger charge is -2.17. The fraction of sp³-hybridized carbons (Fsp3) is 0.643. The van der Waals surface area contributed by atoms with Crippen LogP contribution in [0.25, 0.3) is 0 Å². The predicted octanol–water partition coefficient (Wildman–Crippen LogP) is 2.07. The molecule has 0 aliphatic rings. The maximum Gasteiger partial charge on any atom is 0.240 e. The number of hydrogen-bond donors (Lipinski definition) is 2. The molecular formula is C14H25N3O. The summed E-state index contributed by atoms with van der Waals surface area (Å²) in [6.45, 7) is 6.65. The first-order valence-corrected chi connectivity index (χ1v) is 6.70. The van der Waals surface area contributed by atoms with Gasteiger partial charge in [0.15, 0.2) is 0 Å². The Morgan fingerprint density at radius 1 is 1.44 bits per heavy atom. The van der Waals surface area contributed by atoms with Crippen molar-refractivity contribution in [2.45, 2.75) is 52.2 Å². The Hall–Kier alpha value is -1.29. The number of hydrogen-bond acceptors (Lipinski definition) is 2. The summed E-state index contributed by atoms with van der Waals surface area (Å²) >= 11 is 0. The van der Waals surface area contributed by atoms with E-state index < -0.39 is 0 Å². The second-order valence-corrected chi connectivity index (χ2v) is 4.83. The average molecular weight is 251 g/mol. The van der Waals surface area contributed by atoms with Gasteiger partial charge < -0.3 is 15.2 Å². The highest BCUT2D eigenvalue weighted by molar-refractivity contribution is 5.76. The van der Waals surface area contributed by atoms with Gasteiger partial charge in [-0.3, -0.25) is 4.79 Å². The van der Waals surface area contributed by atoms with Crippen molar-refractivity contribution < 1.29 is 4.79 Å². The van der Waals surface area contributed by atoms with Gasteiger partial charge in [-0.15, -0.1) is 0 Å². The Kier molecular flexibility index (Phi) is 5.92. The van der Waals surface area contributed by atoms with Crippen LogP contribution in [-0.4, -0.2) is 23.6 Å². The maximum absolute atomic E-state index is 11.9. The lowest BCUT2D eigenvalue weighted by atomic mass is 10.2. The predicted molar refractivity (Wildman–Crippen MR) is 74.4 cm³/mol. The van der Waals surface area contributed by atoms with Gasteiger partial charge in [0.25, 0.3) is 0 Å². The van der Waals surface area contributed by atoms with Crippen molar-refractivity contribution in [2.75, 3.05) is 7.05 Å². The SMILES string of the molecule is CCCC(C)NC(=O)Cn1cccc1C(C)NC. The van der Waals surface area contributed by atoms with Crippen LogP contribution >= 0.6 is 0 Å². The minimum atomic E-state index is 0.0803. The van der Waals surface area contributed by atoms with Gasteiger partial charge in [0.2, 0.25) is 5.91 Å². The summed E-state index contributed by atoms with van der Waals surface area (Å²) in [6.07, 6.45) is 4.07. The minimum absolute atomic E-state index is 0.0803. The van der Waals surface area contributed by atoms with E-state index in [2.05, 4.69) is 24.5 Å². The summed E-state index contributed by atoms with van der Waals surface area (Å²) in [5.74, 6) is 0.0803. The van der Waals surface area contributed by atoms with E-state index in [1.54, 1.807) is 0 Å². The van der Waals surface area contributed by atoms with Gasteiger partial charge in [-0.05, 0) is 39.4 Å². The highest BCUT2D eigenvalue weighted by Crippen LogP contribution is 2.12. The largest absolute Gasteiger partial charge is 0.352 e. The first kappa shape index (κ1) is 14.8. The fourth-order valence-electron chi connectivity index (χ4n) is 2.09. The number of rotatable bonds is 7. The van der Waals surface area contributed by atoms with Gasteiger partial charge in [0.05, 0.1) is 0 Å². The molecule has 1 amide bonds. The lowest BCUT2D eigenvalue weighted by Crippen LogP contribution is -2.35. The van der Waals surface area contributed by atoms with Gasteiger partial charge in [0.1, 0.15) is 6.54 Å². The first-order valence-electron chi connectivity index (χ1n) is 6.70. The number of nitrogens with zero attached hydrogens (tertiary/aromatic N) is 1. The Morgan fingerprint density at radius 3 is 2.78 bits per heavy atom. The third-order valence-corrected chi connectivity index (χ3v) is 3.18. The zero-order chi connectivity index (χ0) is 13.5. The minimum Gasteiger partial charge on any atom is -0.352 e.